The van der Waals surface area contributed by atoms with Crippen molar-refractivity contribution in [3.05, 3.63) is 46.5 Å². The van der Waals surface area contributed by atoms with Gasteiger partial charge in [0.25, 0.3) is 0 Å². The van der Waals surface area contributed by atoms with Crippen LogP contribution >= 0.6 is 0 Å². The Balaban J connectivity index is 1.74. The number of aromatic nitrogens is 2. The van der Waals surface area contributed by atoms with Gasteiger partial charge in [-0.15, -0.1) is 0 Å². The molecule has 1 aromatic heterocycles. The molecule has 0 saturated carbocycles. The van der Waals surface area contributed by atoms with Crippen molar-refractivity contribution in [2.75, 3.05) is 13.2 Å². The van der Waals surface area contributed by atoms with Crippen LogP contribution in [0, 0.1) is 12.7 Å². The number of hydrogen-bond donors (Lipinski definition) is 0. The van der Waals surface area contributed by atoms with Crippen LogP contribution in [0.5, 0.6) is 0 Å². The van der Waals surface area contributed by atoms with Gasteiger partial charge in [0.1, 0.15) is 5.82 Å². The quantitative estimate of drug-likeness (QED) is 0.801. The van der Waals surface area contributed by atoms with Crippen molar-refractivity contribution >= 4 is 10.0 Å². The van der Waals surface area contributed by atoms with E-state index in [4.69, 9.17) is 9.84 Å². The fourth-order valence-corrected chi connectivity index (χ4v) is 5.82. The van der Waals surface area contributed by atoms with Crippen LogP contribution in [0.2, 0.25) is 0 Å². The van der Waals surface area contributed by atoms with E-state index in [0.717, 1.165) is 42.8 Å². The molecule has 1 saturated heterocycles. The summed E-state index contributed by atoms with van der Waals surface area (Å²) in [5, 5.41) is 4.75. The third-order valence-electron chi connectivity index (χ3n) is 5.48. The number of ether oxygens (including phenoxy) is 1. The molecular formula is C19H24FN3O3S. The molecule has 0 aliphatic carbocycles. The van der Waals surface area contributed by atoms with Crippen LogP contribution in [0.3, 0.4) is 0 Å². The summed E-state index contributed by atoms with van der Waals surface area (Å²) in [5.41, 5.74) is 3.32. The molecule has 27 heavy (non-hydrogen) atoms. The smallest absolute Gasteiger partial charge is 0.243 e. The number of rotatable bonds is 4. The van der Waals surface area contributed by atoms with Crippen LogP contribution in [-0.4, -0.2) is 35.7 Å². The van der Waals surface area contributed by atoms with Crippen LogP contribution in [0.25, 0.3) is 0 Å². The molecule has 1 aromatic carbocycles. The molecule has 0 spiro atoms. The van der Waals surface area contributed by atoms with Gasteiger partial charge in [-0.3, -0.25) is 4.68 Å². The highest BCUT2D eigenvalue weighted by Gasteiger charge is 2.40. The number of aryl methyl sites for hydroxylation is 2. The number of benzene rings is 1. The van der Waals surface area contributed by atoms with Gasteiger partial charge in [-0.25, -0.2) is 12.8 Å². The zero-order chi connectivity index (χ0) is 19.2. The van der Waals surface area contributed by atoms with Crippen molar-refractivity contribution in [1.29, 1.82) is 0 Å². The summed E-state index contributed by atoms with van der Waals surface area (Å²) in [6, 6.07) is 3.66. The molecule has 0 unspecified atom stereocenters. The Hall–Kier alpha value is -1.77. The second-order valence-corrected chi connectivity index (χ2v) is 9.00. The molecule has 146 valence electrons. The van der Waals surface area contributed by atoms with E-state index in [0.29, 0.717) is 25.3 Å². The third kappa shape index (κ3) is 3.09. The normalized spacial score (nSPS) is 20.8. The fraction of sp³-hybridized carbons (Fsp3) is 0.526. The lowest BCUT2D eigenvalue weighted by Gasteiger charge is -2.24. The second kappa shape index (κ2) is 7.00. The van der Waals surface area contributed by atoms with Crippen LogP contribution < -0.4 is 0 Å². The van der Waals surface area contributed by atoms with Gasteiger partial charge in [0, 0.05) is 30.8 Å². The molecule has 2 aliphatic heterocycles. The van der Waals surface area contributed by atoms with E-state index in [2.05, 4.69) is 0 Å². The monoisotopic (exact) mass is 393 g/mol. The second-order valence-electron chi connectivity index (χ2n) is 7.11. The first-order chi connectivity index (χ1) is 12.9. The van der Waals surface area contributed by atoms with Crippen molar-refractivity contribution in [2.24, 2.45) is 0 Å². The Bertz CT molecular complexity index is 971. The summed E-state index contributed by atoms with van der Waals surface area (Å²) in [5.74, 6) is -0.403. The van der Waals surface area contributed by atoms with E-state index in [9.17, 15) is 12.8 Å². The van der Waals surface area contributed by atoms with Crippen LogP contribution in [0.4, 0.5) is 4.39 Å². The van der Waals surface area contributed by atoms with E-state index in [-0.39, 0.29) is 10.9 Å². The first-order valence-electron chi connectivity index (χ1n) is 9.37. The van der Waals surface area contributed by atoms with Gasteiger partial charge in [-0.05, 0) is 50.5 Å². The summed E-state index contributed by atoms with van der Waals surface area (Å²) in [7, 11) is -3.72. The predicted molar refractivity (Wildman–Crippen MR) is 98.3 cm³/mol. The lowest BCUT2D eigenvalue weighted by molar-refractivity contribution is 0.107. The largest absolute Gasteiger partial charge is 0.376 e. The molecule has 0 radical (unpaired) electrons. The summed E-state index contributed by atoms with van der Waals surface area (Å²) >= 11 is 0. The molecule has 2 aliphatic rings. The average Bonchev–Trinajstić information content (AvgIpc) is 3.28. The molecule has 8 heteroatoms. The molecule has 2 aromatic rings. The zero-order valence-electron chi connectivity index (χ0n) is 15.6. The number of sulfonamides is 1. The molecule has 0 N–H and O–H groups in total. The highest BCUT2D eigenvalue weighted by atomic mass is 32.2. The average molecular weight is 393 g/mol. The van der Waals surface area contributed by atoms with E-state index in [1.54, 1.807) is 6.92 Å². The number of halogens is 1. The highest BCUT2D eigenvalue weighted by molar-refractivity contribution is 7.89. The molecule has 3 heterocycles. The van der Waals surface area contributed by atoms with Gasteiger partial charge < -0.3 is 4.74 Å². The van der Waals surface area contributed by atoms with Gasteiger partial charge in [-0.2, -0.15) is 9.40 Å². The Morgan fingerprint density at radius 3 is 2.93 bits per heavy atom. The summed E-state index contributed by atoms with van der Waals surface area (Å²) in [6.45, 7) is 5.95. The summed E-state index contributed by atoms with van der Waals surface area (Å²) in [4.78, 5) is 0.133. The lowest BCUT2D eigenvalue weighted by atomic mass is 10.0. The minimum atomic E-state index is -3.72. The predicted octanol–water partition coefficient (Wildman–Crippen LogP) is 2.95. The van der Waals surface area contributed by atoms with Crippen LogP contribution in [-0.2, 0) is 34.3 Å². The molecule has 1 fully saturated rings. The number of fused-ring (bicyclic) bond motifs is 1. The third-order valence-corrected chi connectivity index (χ3v) is 7.39. The minimum absolute atomic E-state index is 0.133. The Morgan fingerprint density at radius 1 is 1.37 bits per heavy atom. The van der Waals surface area contributed by atoms with Crippen molar-refractivity contribution < 1.29 is 17.5 Å². The Morgan fingerprint density at radius 2 is 2.19 bits per heavy atom. The first kappa shape index (κ1) is 18.6. The van der Waals surface area contributed by atoms with E-state index >= 15 is 0 Å². The molecule has 0 bridgehead atoms. The van der Waals surface area contributed by atoms with Gasteiger partial charge in [-0.1, -0.05) is 0 Å². The maximum Gasteiger partial charge on any atom is 0.243 e. The SMILES string of the molecule is CCn1nc([C@@H]2CCCN2S(=O)(=O)c2ccc(F)c(C)c2)c2c1CCOC2. The highest BCUT2D eigenvalue weighted by Crippen LogP contribution is 2.39. The van der Waals surface area contributed by atoms with Crippen molar-refractivity contribution in [1.82, 2.24) is 14.1 Å². The van der Waals surface area contributed by atoms with Crippen molar-refractivity contribution in [3.8, 4) is 0 Å². The van der Waals surface area contributed by atoms with Gasteiger partial charge in [0.15, 0.2) is 0 Å². The maximum atomic E-state index is 13.6. The topological polar surface area (TPSA) is 64.4 Å². The molecule has 1 atom stereocenters. The molecule has 0 amide bonds. The number of hydrogen-bond acceptors (Lipinski definition) is 4. The van der Waals surface area contributed by atoms with Gasteiger partial charge >= 0.3 is 0 Å². The van der Waals surface area contributed by atoms with E-state index < -0.39 is 15.8 Å². The van der Waals surface area contributed by atoms with Crippen molar-refractivity contribution in [3.63, 3.8) is 0 Å². The van der Waals surface area contributed by atoms with Crippen LogP contribution in [0.1, 0.15) is 48.3 Å². The Kier molecular flexibility index (Phi) is 4.82. The van der Waals surface area contributed by atoms with Gasteiger partial charge in [0.05, 0.1) is 29.8 Å². The molecule has 4 rings (SSSR count). The maximum absolute atomic E-state index is 13.6. The van der Waals surface area contributed by atoms with E-state index in [1.807, 2.05) is 11.6 Å². The molecular weight excluding hydrogens is 369 g/mol. The minimum Gasteiger partial charge on any atom is -0.376 e. The van der Waals surface area contributed by atoms with Crippen LogP contribution in [0.15, 0.2) is 23.1 Å². The lowest BCUT2D eigenvalue weighted by Crippen LogP contribution is -2.31. The summed E-state index contributed by atoms with van der Waals surface area (Å²) in [6.07, 6.45) is 2.30. The Labute approximate surface area is 159 Å². The van der Waals surface area contributed by atoms with Gasteiger partial charge in [0.2, 0.25) is 10.0 Å². The van der Waals surface area contributed by atoms with Crippen molar-refractivity contribution in [2.45, 2.75) is 57.2 Å². The fourth-order valence-electron chi connectivity index (χ4n) is 4.08. The zero-order valence-corrected chi connectivity index (χ0v) is 16.4. The number of nitrogens with zero attached hydrogens (tertiary/aromatic N) is 3. The van der Waals surface area contributed by atoms with E-state index in [1.165, 1.54) is 22.5 Å². The molecule has 6 nitrogen and oxygen atoms in total. The first-order valence-corrected chi connectivity index (χ1v) is 10.8. The summed E-state index contributed by atoms with van der Waals surface area (Å²) < 4.78 is 49.2. The standard InChI is InChI=1S/C19H24FN3O3S/c1-3-22-17-8-10-26-12-15(17)19(21-22)18-5-4-9-23(18)27(24,25)14-6-7-16(20)13(2)11-14/h6-7,11,18H,3-5,8-10,12H2,1-2H3/t18-/m0/s1.